The SMILES string of the molecule is O=C(C[C@@H]1CCC[C@H]1C(=O)O)c1cccc(F)c1. The number of benzene rings is 1. The molecule has 0 bridgehead atoms. The molecule has 18 heavy (non-hydrogen) atoms. The summed E-state index contributed by atoms with van der Waals surface area (Å²) in [7, 11) is 0. The molecule has 0 saturated heterocycles. The number of rotatable bonds is 4. The van der Waals surface area contributed by atoms with Gasteiger partial charge in [-0.25, -0.2) is 4.39 Å². The molecule has 1 N–H and O–H groups in total. The van der Waals surface area contributed by atoms with E-state index in [-0.39, 0.29) is 18.1 Å². The Labute approximate surface area is 105 Å². The van der Waals surface area contributed by atoms with Gasteiger partial charge < -0.3 is 5.11 Å². The summed E-state index contributed by atoms with van der Waals surface area (Å²) >= 11 is 0. The smallest absolute Gasteiger partial charge is 0.306 e. The summed E-state index contributed by atoms with van der Waals surface area (Å²) in [6, 6.07) is 5.54. The van der Waals surface area contributed by atoms with E-state index in [1.54, 1.807) is 6.07 Å². The normalized spacial score (nSPS) is 22.9. The van der Waals surface area contributed by atoms with Gasteiger partial charge in [-0.05, 0) is 30.9 Å². The lowest BCUT2D eigenvalue weighted by atomic mass is 9.89. The third-order valence-corrected chi connectivity index (χ3v) is 3.57. The standard InChI is InChI=1S/C14H15FO3/c15-11-5-1-4-10(7-11)13(16)8-9-3-2-6-12(9)14(17)18/h1,4-5,7,9,12H,2-3,6,8H2,(H,17,18)/t9-,12+/m0/s1. The number of carboxylic acids is 1. The second-order valence-electron chi connectivity index (χ2n) is 4.77. The number of hydrogen-bond donors (Lipinski definition) is 1. The highest BCUT2D eigenvalue weighted by atomic mass is 19.1. The summed E-state index contributed by atoms with van der Waals surface area (Å²) in [5, 5.41) is 9.04. The van der Waals surface area contributed by atoms with Crippen LogP contribution in [0.2, 0.25) is 0 Å². The van der Waals surface area contributed by atoms with Gasteiger partial charge in [0.15, 0.2) is 5.78 Å². The minimum absolute atomic E-state index is 0.113. The van der Waals surface area contributed by atoms with Crippen molar-refractivity contribution in [3.63, 3.8) is 0 Å². The molecule has 96 valence electrons. The van der Waals surface area contributed by atoms with E-state index in [4.69, 9.17) is 5.11 Å². The highest BCUT2D eigenvalue weighted by Gasteiger charge is 2.34. The van der Waals surface area contributed by atoms with Crippen LogP contribution in [-0.2, 0) is 4.79 Å². The number of ketones is 1. The van der Waals surface area contributed by atoms with E-state index in [1.165, 1.54) is 18.2 Å². The molecule has 1 aliphatic rings. The molecule has 0 unspecified atom stereocenters. The van der Waals surface area contributed by atoms with Gasteiger partial charge in [0.1, 0.15) is 5.82 Å². The molecule has 0 amide bonds. The number of Topliss-reactive ketones (excluding diaryl/α,β-unsaturated/α-hetero) is 1. The maximum atomic E-state index is 13.0. The van der Waals surface area contributed by atoms with Crippen molar-refractivity contribution < 1.29 is 19.1 Å². The van der Waals surface area contributed by atoms with E-state index in [9.17, 15) is 14.0 Å². The Kier molecular flexibility index (Phi) is 3.75. The van der Waals surface area contributed by atoms with Gasteiger partial charge in [0.05, 0.1) is 5.92 Å². The predicted octanol–water partition coefficient (Wildman–Crippen LogP) is 2.90. The molecule has 0 spiro atoms. The number of halogens is 1. The van der Waals surface area contributed by atoms with Crippen molar-refractivity contribution in [3.8, 4) is 0 Å². The van der Waals surface area contributed by atoms with Gasteiger partial charge in [-0.15, -0.1) is 0 Å². The summed E-state index contributed by atoms with van der Waals surface area (Å²) in [6.45, 7) is 0. The van der Waals surface area contributed by atoms with Crippen molar-refractivity contribution in [2.24, 2.45) is 11.8 Å². The van der Waals surface area contributed by atoms with Crippen molar-refractivity contribution in [2.45, 2.75) is 25.7 Å². The molecule has 0 heterocycles. The van der Waals surface area contributed by atoms with Crippen LogP contribution < -0.4 is 0 Å². The van der Waals surface area contributed by atoms with E-state index in [1.807, 2.05) is 0 Å². The number of aliphatic carboxylic acids is 1. The topological polar surface area (TPSA) is 54.4 Å². The van der Waals surface area contributed by atoms with Gasteiger partial charge >= 0.3 is 5.97 Å². The van der Waals surface area contributed by atoms with Crippen LogP contribution in [0.25, 0.3) is 0 Å². The molecule has 2 atom stereocenters. The molecular weight excluding hydrogens is 235 g/mol. The largest absolute Gasteiger partial charge is 0.481 e. The van der Waals surface area contributed by atoms with Gasteiger partial charge in [0.25, 0.3) is 0 Å². The van der Waals surface area contributed by atoms with Crippen LogP contribution in [0.15, 0.2) is 24.3 Å². The fourth-order valence-corrected chi connectivity index (χ4v) is 2.62. The summed E-state index contributed by atoms with van der Waals surface area (Å²) < 4.78 is 13.0. The molecule has 3 nitrogen and oxygen atoms in total. The first-order valence-electron chi connectivity index (χ1n) is 6.09. The molecule has 4 heteroatoms. The Hall–Kier alpha value is -1.71. The number of carboxylic acid groups (broad SMARTS) is 1. The van der Waals surface area contributed by atoms with Gasteiger partial charge in [-0.2, -0.15) is 0 Å². The van der Waals surface area contributed by atoms with Gasteiger partial charge in [-0.1, -0.05) is 18.6 Å². The summed E-state index contributed by atoms with van der Waals surface area (Å²) in [5.74, 6) is -1.99. The van der Waals surface area contributed by atoms with Crippen molar-refractivity contribution in [1.29, 1.82) is 0 Å². The van der Waals surface area contributed by atoms with E-state index in [2.05, 4.69) is 0 Å². The lowest BCUT2D eigenvalue weighted by molar-refractivity contribution is -0.142. The number of hydrogen-bond acceptors (Lipinski definition) is 2. The first-order chi connectivity index (χ1) is 8.58. The summed E-state index contributed by atoms with van der Waals surface area (Å²) in [6.07, 6.45) is 2.44. The van der Waals surface area contributed by atoms with Crippen LogP contribution in [0.1, 0.15) is 36.0 Å². The fraction of sp³-hybridized carbons (Fsp3) is 0.429. The Balaban J connectivity index is 2.05. The van der Waals surface area contributed by atoms with E-state index >= 15 is 0 Å². The third kappa shape index (κ3) is 2.75. The Morgan fingerprint density at radius 2 is 2.11 bits per heavy atom. The Bertz CT molecular complexity index is 470. The molecular formula is C14H15FO3. The van der Waals surface area contributed by atoms with E-state index in [0.29, 0.717) is 12.0 Å². The van der Waals surface area contributed by atoms with E-state index < -0.39 is 17.7 Å². The molecule has 1 fully saturated rings. The maximum Gasteiger partial charge on any atom is 0.306 e. The second kappa shape index (κ2) is 5.29. The average Bonchev–Trinajstić information content (AvgIpc) is 2.77. The predicted molar refractivity (Wildman–Crippen MR) is 63.8 cm³/mol. The molecule has 1 aliphatic carbocycles. The van der Waals surface area contributed by atoms with Crippen LogP contribution in [0.3, 0.4) is 0 Å². The molecule has 2 rings (SSSR count). The summed E-state index contributed by atoms with van der Waals surface area (Å²) in [4.78, 5) is 23.0. The van der Waals surface area contributed by atoms with Crippen LogP contribution >= 0.6 is 0 Å². The number of carbonyl (C=O) groups is 2. The van der Waals surface area contributed by atoms with Crippen molar-refractivity contribution >= 4 is 11.8 Å². The highest BCUT2D eigenvalue weighted by Crippen LogP contribution is 2.35. The molecule has 1 saturated carbocycles. The zero-order chi connectivity index (χ0) is 13.1. The lowest BCUT2D eigenvalue weighted by Gasteiger charge is -2.14. The van der Waals surface area contributed by atoms with Crippen LogP contribution in [0.4, 0.5) is 4.39 Å². The van der Waals surface area contributed by atoms with Crippen molar-refractivity contribution in [2.75, 3.05) is 0 Å². The molecule has 1 aromatic rings. The quantitative estimate of drug-likeness (QED) is 0.836. The van der Waals surface area contributed by atoms with Gasteiger partial charge in [-0.3, -0.25) is 9.59 Å². The van der Waals surface area contributed by atoms with Crippen LogP contribution in [0.5, 0.6) is 0 Å². The molecule has 1 aromatic carbocycles. The van der Waals surface area contributed by atoms with Gasteiger partial charge in [0.2, 0.25) is 0 Å². The maximum absolute atomic E-state index is 13.0. The van der Waals surface area contributed by atoms with Crippen LogP contribution in [0, 0.1) is 17.7 Å². The highest BCUT2D eigenvalue weighted by molar-refractivity contribution is 5.96. The molecule has 0 aliphatic heterocycles. The first-order valence-corrected chi connectivity index (χ1v) is 6.09. The van der Waals surface area contributed by atoms with Crippen molar-refractivity contribution in [3.05, 3.63) is 35.6 Å². The zero-order valence-electron chi connectivity index (χ0n) is 9.93. The Morgan fingerprint density at radius 1 is 1.33 bits per heavy atom. The minimum Gasteiger partial charge on any atom is -0.481 e. The third-order valence-electron chi connectivity index (χ3n) is 3.57. The van der Waals surface area contributed by atoms with E-state index in [0.717, 1.165) is 12.8 Å². The summed E-state index contributed by atoms with van der Waals surface area (Å²) in [5.41, 5.74) is 0.325. The fourth-order valence-electron chi connectivity index (χ4n) is 2.62. The van der Waals surface area contributed by atoms with Crippen molar-refractivity contribution in [1.82, 2.24) is 0 Å². The molecule has 0 radical (unpaired) electrons. The zero-order valence-corrected chi connectivity index (χ0v) is 9.93. The average molecular weight is 250 g/mol. The first kappa shape index (κ1) is 12.7. The number of carbonyl (C=O) groups excluding carboxylic acids is 1. The Morgan fingerprint density at radius 3 is 2.78 bits per heavy atom. The minimum atomic E-state index is -0.829. The lowest BCUT2D eigenvalue weighted by Crippen LogP contribution is -2.20. The van der Waals surface area contributed by atoms with Gasteiger partial charge in [0, 0.05) is 12.0 Å². The molecule has 0 aromatic heterocycles. The second-order valence-corrected chi connectivity index (χ2v) is 4.77. The van der Waals surface area contributed by atoms with Crippen LogP contribution in [-0.4, -0.2) is 16.9 Å². The monoisotopic (exact) mass is 250 g/mol.